The SMILES string of the molecule is CN(Cc1ccccc1)C(=O)CCc1ccnc(N2CCOCC2)c1. The highest BCUT2D eigenvalue weighted by Crippen LogP contribution is 2.16. The third kappa shape index (κ3) is 5.03. The number of pyridine rings is 1. The number of carbonyl (C=O) groups is 1. The fourth-order valence-corrected chi connectivity index (χ4v) is 2.97. The van der Waals surface area contributed by atoms with Crippen molar-refractivity contribution in [1.29, 1.82) is 0 Å². The third-order valence-electron chi connectivity index (χ3n) is 4.46. The number of morpholine rings is 1. The Morgan fingerprint density at radius 2 is 1.92 bits per heavy atom. The lowest BCUT2D eigenvalue weighted by Gasteiger charge is -2.28. The summed E-state index contributed by atoms with van der Waals surface area (Å²) in [6.07, 6.45) is 3.08. The topological polar surface area (TPSA) is 45.7 Å². The predicted octanol–water partition coefficient (Wildman–Crippen LogP) is 2.51. The van der Waals surface area contributed by atoms with Gasteiger partial charge in [-0.15, -0.1) is 0 Å². The quantitative estimate of drug-likeness (QED) is 0.811. The van der Waals surface area contributed by atoms with Gasteiger partial charge in [0.05, 0.1) is 13.2 Å². The van der Waals surface area contributed by atoms with E-state index < -0.39 is 0 Å². The number of rotatable bonds is 6. The Balaban J connectivity index is 1.53. The van der Waals surface area contributed by atoms with Crippen molar-refractivity contribution in [2.75, 3.05) is 38.3 Å². The number of anilines is 1. The van der Waals surface area contributed by atoms with Crippen LogP contribution in [0.15, 0.2) is 48.7 Å². The molecule has 0 unspecified atom stereocenters. The highest BCUT2D eigenvalue weighted by molar-refractivity contribution is 5.76. The fraction of sp³-hybridized carbons (Fsp3) is 0.400. The number of aryl methyl sites for hydroxylation is 1. The van der Waals surface area contributed by atoms with Gasteiger partial charge in [0.15, 0.2) is 0 Å². The van der Waals surface area contributed by atoms with Gasteiger partial charge in [-0.1, -0.05) is 30.3 Å². The van der Waals surface area contributed by atoms with Gasteiger partial charge in [-0.3, -0.25) is 4.79 Å². The Morgan fingerprint density at radius 3 is 2.68 bits per heavy atom. The van der Waals surface area contributed by atoms with Gasteiger partial charge < -0.3 is 14.5 Å². The Bertz CT molecular complexity index is 684. The van der Waals surface area contributed by atoms with Crippen molar-refractivity contribution in [3.05, 3.63) is 59.8 Å². The molecule has 1 saturated heterocycles. The monoisotopic (exact) mass is 339 g/mol. The normalized spacial score (nSPS) is 14.4. The summed E-state index contributed by atoms with van der Waals surface area (Å²) < 4.78 is 5.39. The third-order valence-corrected chi connectivity index (χ3v) is 4.46. The van der Waals surface area contributed by atoms with E-state index in [9.17, 15) is 4.79 Å². The van der Waals surface area contributed by atoms with Crippen LogP contribution < -0.4 is 4.90 Å². The molecule has 0 aliphatic carbocycles. The van der Waals surface area contributed by atoms with Gasteiger partial charge in [-0.05, 0) is 29.7 Å². The molecule has 5 nitrogen and oxygen atoms in total. The minimum atomic E-state index is 0.161. The summed E-state index contributed by atoms with van der Waals surface area (Å²) in [4.78, 5) is 20.9. The van der Waals surface area contributed by atoms with E-state index in [1.807, 2.05) is 49.6 Å². The number of aromatic nitrogens is 1. The van der Waals surface area contributed by atoms with Gasteiger partial charge in [-0.25, -0.2) is 4.98 Å². The summed E-state index contributed by atoms with van der Waals surface area (Å²) >= 11 is 0. The van der Waals surface area contributed by atoms with Crippen molar-refractivity contribution in [2.24, 2.45) is 0 Å². The standard InChI is InChI=1S/C20H25N3O2/c1-22(16-18-5-3-2-4-6-18)20(24)8-7-17-9-10-21-19(15-17)23-11-13-25-14-12-23/h2-6,9-10,15H,7-8,11-14,16H2,1H3. The summed E-state index contributed by atoms with van der Waals surface area (Å²) in [5, 5.41) is 0. The zero-order valence-electron chi connectivity index (χ0n) is 14.7. The van der Waals surface area contributed by atoms with E-state index >= 15 is 0 Å². The van der Waals surface area contributed by atoms with E-state index in [1.165, 1.54) is 0 Å². The first-order valence-corrected chi connectivity index (χ1v) is 8.78. The van der Waals surface area contributed by atoms with Crippen molar-refractivity contribution in [3.63, 3.8) is 0 Å². The second-order valence-electron chi connectivity index (χ2n) is 6.36. The summed E-state index contributed by atoms with van der Waals surface area (Å²) in [5.41, 5.74) is 2.30. The van der Waals surface area contributed by atoms with Crippen molar-refractivity contribution in [1.82, 2.24) is 9.88 Å². The largest absolute Gasteiger partial charge is 0.378 e. The van der Waals surface area contributed by atoms with Crippen molar-refractivity contribution in [2.45, 2.75) is 19.4 Å². The smallest absolute Gasteiger partial charge is 0.222 e. The molecule has 1 amide bonds. The van der Waals surface area contributed by atoms with Crippen molar-refractivity contribution < 1.29 is 9.53 Å². The van der Waals surface area contributed by atoms with Gasteiger partial charge in [0.25, 0.3) is 0 Å². The molecule has 0 spiro atoms. The molecule has 2 heterocycles. The lowest BCUT2D eigenvalue weighted by Crippen LogP contribution is -2.36. The molecule has 0 bridgehead atoms. The van der Waals surface area contributed by atoms with Crippen LogP contribution in [0.2, 0.25) is 0 Å². The minimum absolute atomic E-state index is 0.161. The van der Waals surface area contributed by atoms with Crippen LogP contribution in [0.25, 0.3) is 0 Å². The Morgan fingerprint density at radius 1 is 1.16 bits per heavy atom. The number of carbonyl (C=O) groups excluding carboxylic acids is 1. The van der Waals surface area contributed by atoms with E-state index in [4.69, 9.17) is 4.74 Å². The predicted molar refractivity (Wildman–Crippen MR) is 98.5 cm³/mol. The van der Waals surface area contributed by atoms with E-state index in [2.05, 4.69) is 16.0 Å². The van der Waals surface area contributed by atoms with E-state index in [-0.39, 0.29) is 5.91 Å². The Labute approximate surface area is 149 Å². The average molecular weight is 339 g/mol. The van der Waals surface area contributed by atoms with Crippen LogP contribution in [-0.4, -0.2) is 49.1 Å². The van der Waals surface area contributed by atoms with Crippen LogP contribution in [0.4, 0.5) is 5.82 Å². The molecular formula is C20H25N3O2. The van der Waals surface area contributed by atoms with Crippen LogP contribution in [0.3, 0.4) is 0 Å². The van der Waals surface area contributed by atoms with Crippen LogP contribution in [0.1, 0.15) is 17.5 Å². The zero-order chi connectivity index (χ0) is 17.5. The lowest BCUT2D eigenvalue weighted by atomic mass is 10.1. The van der Waals surface area contributed by atoms with Gasteiger partial charge in [0.1, 0.15) is 5.82 Å². The Hall–Kier alpha value is -2.40. The summed E-state index contributed by atoms with van der Waals surface area (Å²) in [5.74, 6) is 1.14. The number of amides is 1. The zero-order valence-corrected chi connectivity index (χ0v) is 14.7. The molecule has 25 heavy (non-hydrogen) atoms. The molecule has 5 heteroatoms. The highest BCUT2D eigenvalue weighted by Gasteiger charge is 2.14. The molecule has 2 aromatic rings. The maximum atomic E-state index is 12.4. The van der Waals surface area contributed by atoms with E-state index in [0.29, 0.717) is 13.0 Å². The van der Waals surface area contributed by atoms with E-state index in [0.717, 1.165) is 49.7 Å². The molecule has 0 atom stereocenters. The fourth-order valence-electron chi connectivity index (χ4n) is 2.97. The molecule has 0 N–H and O–H groups in total. The lowest BCUT2D eigenvalue weighted by molar-refractivity contribution is -0.130. The maximum Gasteiger partial charge on any atom is 0.222 e. The van der Waals surface area contributed by atoms with E-state index in [1.54, 1.807) is 4.90 Å². The molecule has 1 fully saturated rings. The minimum Gasteiger partial charge on any atom is -0.378 e. The summed E-state index contributed by atoms with van der Waals surface area (Å²) in [6.45, 7) is 3.88. The molecule has 1 aliphatic heterocycles. The molecule has 0 saturated carbocycles. The average Bonchev–Trinajstić information content (AvgIpc) is 2.68. The first kappa shape index (κ1) is 17.4. The van der Waals surface area contributed by atoms with Gasteiger partial charge >= 0.3 is 0 Å². The second-order valence-corrected chi connectivity index (χ2v) is 6.36. The van der Waals surface area contributed by atoms with Gasteiger partial charge in [0.2, 0.25) is 5.91 Å². The highest BCUT2D eigenvalue weighted by atomic mass is 16.5. The maximum absolute atomic E-state index is 12.4. The van der Waals surface area contributed by atoms with Crippen LogP contribution in [-0.2, 0) is 22.5 Å². The molecule has 1 aliphatic rings. The molecule has 1 aromatic heterocycles. The summed E-state index contributed by atoms with van der Waals surface area (Å²) in [6, 6.07) is 14.2. The number of ether oxygens (including phenoxy) is 1. The molecule has 132 valence electrons. The number of hydrogen-bond donors (Lipinski definition) is 0. The first-order chi connectivity index (χ1) is 12.2. The second kappa shape index (κ2) is 8.62. The number of benzene rings is 1. The van der Waals surface area contributed by atoms with Crippen LogP contribution in [0, 0.1) is 0 Å². The number of hydrogen-bond acceptors (Lipinski definition) is 4. The molecular weight excluding hydrogens is 314 g/mol. The summed E-state index contributed by atoms with van der Waals surface area (Å²) in [7, 11) is 1.86. The molecule has 3 rings (SSSR count). The van der Waals surface area contributed by atoms with Gasteiger partial charge in [0, 0.05) is 39.3 Å². The van der Waals surface area contributed by atoms with Crippen LogP contribution in [0.5, 0.6) is 0 Å². The molecule has 1 aromatic carbocycles. The molecule has 0 radical (unpaired) electrons. The first-order valence-electron chi connectivity index (χ1n) is 8.78. The van der Waals surface area contributed by atoms with Crippen LogP contribution >= 0.6 is 0 Å². The van der Waals surface area contributed by atoms with Crippen molar-refractivity contribution in [3.8, 4) is 0 Å². The van der Waals surface area contributed by atoms with Gasteiger partial charge in [-0.2, -0.15) is 0 Å². The number of nitrogens with zero attached hydrogens (tertiary/aromatic N) is 3. The van der Waals surface area contributed by atoms with Crippen molar-refractivity contribution >= 4 is 11.7 Å². The Kier molecular flexibility index (Phi) is 6.01.